The maximum atomic E-state index is 13.0. The Balaban J connectivity index is 1.92. The van der Waals surface area contributed by atoms with E-state index in [1.807, 2.05) is 32.9 Å². The van der Waals surface area contributed by atoms with Gasteiger partial charge in [-0.25, -0.2) is 0 Å². The summed E-state index contributed by atoms with van der Waals surface area (Å²) in [5.41, 5.74) is 2.10. The summed E-state index contributed by atoms with van der Waals surface area (Å²) in [7, 11) is 0. The molecule has 1 unspecified atom stereocenters. The van der Waals surface area contributed by atoms with Crippen LogP contribution < -0.4 is 4.74 Å². The lowest BCUT2D eigenvalue weighted by molar-refractivity contribution is 0.101. The molecule has 31 heavy (non-hydrogen) atoms. The molecule has 5 heteroatoms. The van der Waals surface area contributed by atoms with E-state index < -0.39 is 11.4 Å². The van der Waals surface area contributed by atoms with Gasteiger partial charge in [0.25, 0.3) is 0 Å². The second kappa shape index (κ2) is 9.04. The first-order chi connectivity index (χ1) is 14.7. The van der Waals surface area contributed by atoms with Crippen LogP contribution >= 0.6 is 0 Å². The van der Waals surface area contributed by atoms with Crippen molar-refractivity contribution in [2.45, 2.75) is 39.2 Å². The molecule has 2 N–H and O–H groups in total. The van der Waals surface area contributed by atoms with E-state index in [0.29, 0.717) is 28.7 Å². The molecule has 0 bridgehead atoms. The van der Waals surface area contributed by atoms with Gasteiger partial charge in [-0.05, 0) is 82.2 Å². The number of hydrogen-bond acceptors (Lipinski definition) is 5. The van der Waals surface area contributed by atoms with Gasteiger partial charge in [-0.15, -0.1) is 0 Å². The minimum atomic E-state index is -0.609. The van der Waals surface area contributed by atoms with Crippen molar-refractivity contribution in [3.63, 3.8) is 0 Å². The zero-order valence-electron chi connectivity index (χ0n) is 17.9. The number of fused-ring (bicyclic) bond motifs is 1. The standard InChI is InChI=1S/C26H26O5/c1-17(2)5-4-13-26(3)14-12-19-7-10-22(29)24(25(19)31-26)23(30)11-8-20-15-18(16-27)6-9-21(20)28/h5-12,14-16,28-29H,4,13H2,1-3H3/b11-8+. The summed E-state index contributed by atoms with van der Waals surface area (Å²) < 4.78 is 6.22. The first kappa shape index (κ1) is 22.1. The number of phenolic OH excluding ortho intramolecular Hbond substituents is 2. The Morgan fingerprint density at radius 2 is 1.87 bits per heavy atom. The van der Waals surface area contributed by atoms with Gasteiger partial charge >= 0.3 is 0 Å². The van der Waals surface area contributed by atoms with Crippen LogP contribution in [0.1, 0.15) is 65.5 Å². The fourth-order valence-electron chi connectivity index (χ4n) is 3.41. The minimum Gasteiger partial charge on any atom is -0.507 e. The van der Waals surface area contributed by atoms with Gasteiger partial charge in [0.05, 0.1) is 0 Å². The Morgan fingerprint density at radius 1 is 1.13 bits per heavy atom. The van der Waals surface area contributed by atoms with Gasteiger partial charge in [0.2, 0.25) is 0 Å². The molecule has 2 aromatic rings. The number of ether oxygens (including phenoxy) is 1. The summed E-state index contributed by atoms with van der Waals surface area (Å²) in [5.74, 6) is -0.365. The van der Waals surface area contributed by atoms with Crippen LogP contribution in [0.5, 0.6) is 17.2 Å². The van der Waals surface area contributed by atoms with Gasteiger partial charge in [-0.3, -0.25) is 9.59 Å². The summed E-state index contributed by atoms with van der Waals surface area (Å²) in [4.78, 5) is 24.0. The maximum Gasteiger partial charge on any atom is 0.193 e. The lowest BCUT2D eigenvalue weighted by Gasteiger charge is -2.32. The van der Waals surface area contributed by atoms with Crippen LogP contribution in [0.25, 0.3) is 12.2 Å². The fourth-order valence-corrected chi connectivity index (χ4v) is 3.41. The average Bonchev–Trinajstić information content (AvgIpc) is 2.72. The molecule has 0 saturated carbocycles. The predicted octanol–water partition coefficient (Wildman–Crippen LogP) is 5.72. The normalized spacial score (nSPS) is 17.1. The number of carbonyl (C=O) groups is 2. The molecule has 1 atom stereocenters. The summed E-state index contributed by atoms with van der Waals surface area (Å²) in [5, 5.41) is 20.4. The molecule has 1 heterocycles. The van der Waals surface area contributed by atoms with Crippen LogP contribution in [0.4, 0.5) is 0 Å². The molecule has 5 nitrogen and oxygen atoms in total. The highest BCUT2D eigenvalue weighted by molar-refractivity contribution is 6.11. The average molecular weight is 418 g/mol. The number of carbonyl (C=O) groups excluding carboxylic acids is 2. The molecule has 2 aromatic carbocycles. The molecule has 0 aromatic heterocycles. The van der Waals surface area contributed by atoms with Crippen LogP contribution in [-0.2, 0) is 0 Å². The summed E-state index contributed by atoms with van der Waals surface area (Å²) in [6.45, 7) is 6.03. The van der Waals surface area contributed by atoms with Crippen LogP contribution in [0.15, 0.2) is 54.1 Å². The van der Waals surface area contributed by atoms with E-state index in [4.69, 9.17) is 4.74 Å². The zero-order valence-corrected chi connectivity index (χ0v) is 17.9. The van der Waals surface area contributed by atoms with E-state index >= 15 is 0 Å². The molecular formula is C26H26O5. The second-order valence-corrected chi connectivity index (χ2v) is 8.08. The third-order valence-electron chi connectivity index (χ3n) is 5.16. The van der Waals surface area contributed by atoms with Crippen LogP contribution in [-0.4, -0.2) is 27.9 Å². The van der Waals surface area contributed by atoms with Gasteiger partial charge in [0.1, 0.15) is 34.7 Å². The summed E-state index contributed by atoms with van der Waals surface area (Å²) in [6.07, 6.45) is 10.9. The van der Waals surface area contributed by atoms with Gasteiger partial charge < -0.3 is 14.9 Å². The molecule has 160 valence electrons. The topological polar surface area (TPSA) is 83.8 Å². The lowest BCUT2D eigenvalue weighted by Crippen LogP contribution is -2.32. The van der Waals surface area contributed by atoms with Crippen molar-refractivity contribution in [2.24, 2.45) is 0 Å². The minimum absolute atomic E-state index is 0.0556. The van der Waals surface area contributed by atoms with Crippen LogP contribution in [0.2, 0.25) is 0 Å². The van der Waals surface area contributed by atoms with E-state index in [-0.39, 0.29) is 17.1 Å². The molecule has 0 amide bonds. The summed E-state index contributed by atoms with van der Waals surface area (Å²) in [6, 6.07) is 7.52. The molecule has 0 fully saturated rings. The van der Waals surface area contributed by atoms with Crippen molar-refractivity contribution in [3.8, 4) is 17.2 Å². The molecular weight excluding hydrogens is 392 g/mol. The van der Waals surface area contributed by atoms with E-state index in [0.717, 1.165) is 12.8 Å². The SMILES string of the molecule is CC(C)=CCCC1(C)C=Cc2ccc(O)c(C(=O)/C=C/c3cc(C=O)ccc3O)c2O1. The monoisotopic (exact) mass is 418 g/mol. The highest BCUT2D eigenvalue weighted by atomic mass is 16.5. The number of aromatic hydroxyl groups is 2. The Hall–Kier alpha value is -3.60. The highest BCUT2D eigenvalue weighted by Crippen LogP contribution is 2.40. The quantitative estimate of drug-likeness (QED) is 0.260. The summed E-state index contributed by atoms with van der Waals surface area (Å²) >= 11 is 0. The fraction of sp³-hybridized carbons (Fsp3) is 0.231. The lowest BCUT2D eigenvalue weighted by atomic mass is 9.92. The Kier molecular flexibility index (Phi) is 6.44. The zero-order chi connectivity index (χ0) is 22.6. The number of rotatable bonds is 7. The van der Waals surface area contributed by atoms with Crippen LogP contribution in [0.3, 0.4) is 0 Å². The van der Waals surface area contributed by atoms with Crippen LogP contribution in [0, 0.1) is 0 Å². The Bertz CT molecular complexity index is 1100. The molecule has 1 aliphatic heterocycles. The molecule has 0 spiro atoms. The van der Waals surface area contributed by atoms with Crippen molar-refractivity contribution >= 4 is 24.2 Å². The van der Waals surface area contributed by atoms with E-state index in [2.05, 4.69) is 6.08 Å². The van der Waals surface area contributed by atoms with Gasteiger partial charge in [-0.1, -0.05) is 17.7 Å². The molecule has 0 aliphatic carbocycles. The Morgan fingerprint density at radius 3 is 2.58 bits per heavy atom. The maximum absolute atomic E-state index is 13.0. The van der Waals surface area contributed by atoms with Crippen molar-refractivity contribution in [2.75, 3.05) is 0 Å². The molecule has 0 saturated heterocycles. The first-order valence-electron chi connectivity index (χ1n) is 10.1. The Labute approximate surface area is 182 Å². The van der Waals surface area contributed by atoms with Crippen molar-refractivity contribution < 1.29 is 24.5 Å². The number of allylic oxidation sites excluding steroid dienone is 3. The molecule has 0 radical (unpaired) electrons. The third-order valence-corrected chi connectivity index (χ3v) is 5.16. The largest absolute Gasteiger partial charge is 0.507 e. The number of benzene rings is 2. The second-order valence-electron chi connectivity index (χ2n) is 8.08. The number of phenols is 2. The highest BCUT2D eigenvalue weighted by Gasteiger charge is 2.30. The van der Waals surface area contributed by atoms with E-state index in [1.165, 1.54) is 42.0 Å². The number of hydrogen-bond donors (Lipinski definition) is 2. The van der Waals surface area contributed by atoms with Crippen molar-refractivity contribution in [1.82, 2.24) is 0 Å². The molecule has 1 aliphatic rings. The number of aldehydes is 1. The van der Waals surface area contributed by atoms with E-state index in [9.17, 15) is 19.8 Å². The van der Waals surface area contributed by atoms with Gasteiger partial charge in [-0.2, -0.15) is 0 Å². The predicted molar refractivity (Wildman–Crippen MR) is 122 cm³/mol. The smallest absolute Gasteiger partial charge is 0.193 e. The van der Waals surface area contributed by atoms with Crippen molar-refractivity contribution in [3.05, 3.63) is 76.4 Å². The van der Waals surface area contributed by atoms with Gasteiger partial charge in [0, 0.05) is 16.7 Å². The van der Waals surface area contributed by atoms with E-state index in [1.54, 1.807) is 6.07 Å². The van der Waals surface area contributed by atoms with Crippen molar-refractivity contribution in [1.29, 1.82) is 0 Å². The third kappa shape index (κ3) is 5.12. The van der Waals surface area contributed by atoms with Gasteiger partial charge in [0.15, 0.2) is 5.78 Å². The number of ketones is 1. The first-order valence-corrected chi connectivity index (χ1v) is 10.1. The molecule has 3 rings (SSSR count).